The van der Waals surface area contributed by atoms with Gasteiger partial charge in [-0.05, 0) is 24.3 Å². The van der Waals surface area contributed by atoms with Crippen molar-refractivity contribution in [3.05, 3.63) is 47.5 Å². The van der Waals surface area contributed by atoms with Crippen LogP contribution in [0.15, 0.2) is 35.5 Å². The summed E-state index contributed by atoms with van der Waals surface area (Å²) in [6.45, 7) is 2.27. The van der Waals surface area contributed by atoms with E-state index in [0.717, 1.165) is 10.4 Å². The minimum Gasteiger partial charge on any atom is -0.370 e. The highest BCUT2D eigenvalue weighted by molar-refractivity contribution is 14.0. The fourth-order valence-electron chi connectivity index (χ4n) is 3.00. The fraction of sp³-hybridized carbons (Fsp3) is 0.412. The van der Waals surface area contributed by atoms with Gasteiger partial charge < -0.3 is 15.5 Å². The summed E-state index contributed by atoms with van der Waals surface area (Å²) >= 11 is 0. The van der Waals surface area contributed by atoms with Crippen LogP contribution < -0.4 is 10.6 Å². The fourth-order valence-corrected chi connectivity index (χ4v) is 3.00. The number of guanidine groups is 1. The van der Waals surface area contributed by atoms with Crippen LogP contribution in [0.1, 0.15) is 11.3 Å². The highest BCUT2D eigenvalue weighted by Gasteiger charge is 2.36. The molecule has 1 aromatic heterocycles. The maximum atomic E-state index is 13.0. The topological polar surface area (TPSA) is 62.7 Å². The second-order valence-electron chi connectivity index (χ2n) is 6.30. The van der Waals surface area contributed by atoms with E-state index in [9.17, 15) is 17.6 Å². The molecule has 0 radical (unpaired) electrons. The first-order chi connectivity index (χ1) is 12.7. The average Bonchev–Trinajstić information content (AvgIpc) is 3.02. The van der Waals surface area contributed by atoms with Crippen LogP contribution in [0.25, 0.3) is 0 Å². The van der Waals surface area contributed by atoms with Gasteiger partial charge in [0, 0.05) is 50.7 Å². The SMILES string of the molecule is Cn1cc(CN=C(N)N2CCN(c3ccc(F)cc3)CC2)c(C(F)(F)F)n1.I. The molecule has 1 saturated heterocycles. The van der Waals surface area contributed by atoms with Gasteiger partial charge in [0.25, 0.3) is 0 Å². The Morgan fingerprint density at radius 3 is 2.32 bits per heavy atom. The molecule has 2 N–H and O–H groups in total. The molecule has 0 amide bonds. The molecule has 0 aliphatic carbocycles. The van der Waals surface area contributed by atoms with Gasteiger partial charge in [-0.2, -0.15) is 18.3 Å². The van der Waals surface area contributed by atoms with Crippen molar-refractivity contribution in [2.75, 3.05) is 31.1 Å². The smallest absolute Gasteiger partial charge is 0.370 e. The summed E-state index contributed by atoms with van der Waals surface area (Å²) in [6, 6.07) is 6.24. The molecule has 0 saturated carbocycles. The Labute approximate surface area is 177 Å². The lowest BCUT2D eigenvalue weighted by Gasteiger charge is -2.36. The first-order valence-electron chi connectivity index (χ1n) is 8.39. The van der Waals surface area contributed by atoms with Gasteiger partial charge in [0.1, 0.15) is 5.82 Å². The number of nitrogens with zero attached hydrogens (tertiary/aromatic N) is 5. The van der Waals surface area contributed by atoms with Gasteiger partial charge >= 0.3 is 6.18 Å². The zero-order valence-electron chi connectivity index (χ0n) is 15.2. The first kappa shape index (κ1) is 22.2. The van der Waals surface area contributed by atoms with Crippen LogP contribution in [0.5, 0.6) is 0 Å². The van der Waals surface area contributed by atoms with Crippen molar-refractivity contribution >= 4 is 35.6 Å². The molecule has 11 heteroatoms. The van der Waals surface area contributed by atoms with Crippen molar-refractivity contribution in [3.63, 3.8) is 0 Å². The third-order valence-electron chi connectivity index (χ3n) is 4.38. The largest absolute Gasteiger partial charge is 0.435 e. The minimum atomic E-state index is -4.53. The minimum absolute atomic E-state index is 0. The summed E-state index contributed by atoms with van der Waals surface area (Å²) in [5.74, 6) is -0.0897. The van der Waals surface area contributed by atoms with Crippen molar-refractivity contribution in [3.8, 4) is 0 Å². The number of aryl methyl sites for hydroxylation is 1. The lowest BCUT2D eigenvalue weighted by molar-refractivity contribution is -0.142. The molecule has 1 aliphatic rings. The Bertz CT molecular complexity index is 810. The molecule has 2 heterocycles. The Morgan fingerprint density at radius 1 is 1.14 bits per heavy atom. The van der Waals surface area contributed by atoms with E-state index < -0.39 is 11.9 Å². The van der Waals surface area contributed by atoms with Crippen LogP contribution in [0, 0.1) is 5.82 Å². The number of piperazine rings is 1. The summed E-state index contributed by atoms with van der Waals surface area (Å²) in [5.41, 5.74) is 5.92. The molecule has 154 valence electrons. The van der Waals surface area contributed by atoms with E-state index in [1.54, 1.807) is 12.1 Å². The van der Waals surface area contributed by atoms with Crippen LogP contribution in [0.2, 0.25) is 0 Å². The van der Waals surface area contributed by atoms with E-state index in [1.165, 1.54) is 25.4 Å². The molecule has 0 unspecified atom stereocenters. The lowest BCUT2D eigenvalue weighted by atomic mass is 10.2. The number of aromatic nitrogens is 2. The van der Waals surface area contributed by atoms with Gasteiger partial charge in [-0.3, -0.25) is 4.68 Å². The number of hydrogen-bond acceptors (Lipinski definition) is 3. The molecule has 1 fully saturated rings. The van der Waals surface area contributed by atoms with Crippen molar-refractivity contribution in [1.82, 2.24) is 14.7 Å². The standard InChI is InChI=1S/C17H20F4N6.HI/c1-25-11-12(15(24-25)17(19,20)21)10-23-16(22)27-8-6-26(7-9-27)14-4-2-13(18)3-5-14;/h2-5,11H,6-10H2,1H3,(H2,22,23);1H. The second kappa shape index (κ2) is 8.97. The summed E-state index contributed by atoms with van der Waals surface area (Å²) in [6.07, 6.45) is -3.23. The predicted molar refractivity (Wildman–Crippen MR) is 109 cm³/mol. The van der Waals surface area contributed by atoms with E-state index in [0.29, 0.717) is 26.2 Å². The zero-order chi connectivity index (χ0) is 19.6. The number of halogens is 5. The number of rotatable bonds is 3. The van der Waals surface area contributed by atoms with Gasteiger partial charge in [0.15, 0.2) is 11.7 Å². The molecule has 2 aromatic rings. The van der Waals surface area contributed by atoms with Gasteiger partial charge in [-0.15, -0.1) is 24.0 Å². The van der Waals surface area contributed by atoms with Gasteiger partial charge in [0.05, 0.1) is 6.54 Å². The lowest BCUT2D eigenvalue weighted by Crippen LogP contribution is -2.51. The maximum Gasteiger partial charge on any atom is 0.435 e. The number of anilines is 1. The molecular weight excluding hydrogens is 491 g/mol. The van der Waals surface area contributed by atoms with Gasteiger partial charge in [-0.25, -0.2) is 9.38 Å². The van der Waals surface area contributed by atoms with Crippen molar-refractivity contribution < 1.29 is 17.6 Å². The third-order valence-corrected chi connectivity index (χ3v) is 4.38. The molecule has 3 rings (SSSR count). The van der Waals surface area contributed by atoms with E-state index in [2.05, 4.69) is 15.0 Å². The van der Waals surface area contributed by atoms with E-state index in [1.807, 2.05) is 4.90 Å². The monoisotopic (exact) mass is 512 g/mol. The summed E-state index contributed by atoms with van der Waals surface area (Å²) in [7, 11) is 1.43. The average molecular weight is 512 g/mol. The van der Waals surface area contributed by atoms with E-state index >= 15 is 0 Å². The maximum absolute atomic E-state index is 13.0. The highest BCUT2D eigenvalue weighted by atomic mass is 127. The number of benzene rings is 1. The number of nitrogens with two attached hydrogens (primary N) is 1. The Hall–Kier alpha value is -2.05. The van der Waals surface area contributed by atoms with E-state index in [4.69, 9.17) is 5.73 Å². The normalized spacial score (nSPS) is 15.5. The molecule has 6 nitrogen and oxygen atoms in total. The quantitative estimate of drug-likeness (QED) is 0.298. The summed E-state index contributed by atoms with van der Waals surface area (Å²) in [5, 5.41) is 3.46. The van der Waals surface area contributed by atoms with Crippen LogP contribution in [-0.4, -0.2) is 46.8 Å². The van der Waals surface area contributed by atoms with Crippen molar-refractivity contribution in [2.24, 2.45) is 17.8 Å². The second-order valence-corrected chi connectivity index (χ2v) is 6.30. The number of aliphatic imine (C=N–C) groups is 1. The molecule has 0 bridgehead atoms. The molecule has 0 spiro atoms. The predicted octanol–water partition coefficient (Wildman–Crippen LogP) is 2.83. The first-order valence-corrected chi connectivity index (χ1v) is 8.39. The molecule has 1 aromatic carbocycles. The van der Waals surface area contributed by atoms with Crippen LogP contribution >= 0.6 is 24.0 Å². The third kappa shape index (κ3) is 5.26. The molecule has 1 aliphatic heterocycles. The summed E-state index contributed by atoms with van der Waals surface area (Å²) in [4.78, 5) is 8.03. The van der Waals surface area contributed by atoms with E-state index in [-0.39, 0.29) is 47.9 Å². The zero-order valence-corrected chi connectivity index (χ0v) is 17.5. The Kier molecular flexibility index (Phi) is 7.12. The van der Waals surface area contributed by atoms with Crippen molar-refractivity contribution in [2.45, 2.75) is 12.7 Å². The Morgan fingerprint density at radius 2 is 1.75 bits per heavy atom. The number of hydrogen-bond donors (Lipinski definition) is 1. The van der Waals surface area contributed by atoms with Crippen LogP contribution in [0.4, 0.5) is 23.2 Å². The summed E-state index contributed by atoms with van der Waals surface area (Å²) < 4.78 is 53.1. The van der Waals surface area contributed by atoms with Crippen LogP contribution in [-0.2, 0) is 19.8 Å². The molecular formula is C17H21F4IN6. The Balaban J connectivity index is 0.00000280. The molecule has 28 heavy (non-hydrogen) atoms. The van der Waals surface area contributed by atoms with Gasteiger partial charge in [-0.1, -0.05) is 0 Å². The van der Waals surface area contributed by atoms with Crippen LogP contribution in [0.3, 0.4) is 0 Å². The van der Waals surface area contributed by atoms with Gasteiger partial charge in [0.2, 0.25) is 0 Å². The van der Waals surface area contributed by atoms with Crippen molar-refractivity contribution in [1.29, 1.82) is 0 Å². The number of alkyl halides is 3. The highest BCUT2D eigenvalue weighted by Crippen LogP contribution is 2.30. The molecule has 0 atom stereocenters.